The van der Waals surface area contributed by atoms with Gasteiger partial charge in [-0.3, -0.25) is 4.68 Å². The van der Waals surface area contributed by atoms with Crippen LogP contribution in [0.15, 0.2) is 24.5 Å². The number of ether oxygens (including phenoxy) is 1. The first-order valence-electron chi connectivity index (χ1n) is 8.16. The normalized spacial score (nSPS) is 12.9. The van der Waals surface area contributed by atoms with Gasteiger partial charge in [-0.2, -0.15) is 10.1 Å². The Hall–Kier alpha value is -2.62. The maximum absolute atomic E-state index is 6.51. The van der Waals surface area contributed by atoms with Gasteiger partial charge in [-0.25, -0.2) is 10.1 Å². The number of rotatable bonds is 6. The van der Waals surface area contributed by atoms with Crippen LogP contribution in [0.1, 0.15) is 5.56 Å². The third kappa shape index (κ3) is 3.12. The fourth-order valence-electron chi connectivity index (χ4n) is 2.76. The molecule has 3 heterocycles. The van der Waals surface area contributed by atoms with Crippen molar-refractivity contribution in [1.29, 1.82) is 0 Å². The van der Waals surface area contributed by atoms with Gasteiger partial charge in [0, 0.05) is 32.5 Å². The van der Waals surface area contributed by atoms with Crippen molar-refractivity contribution in [2.45, 2.75) is 13.1 Å². The Morgan fingerprint density at radius 1 is 1.38 bits per heavy atom. The van der Waals surface area contributed by atoms with Crippen LogP contribution in [0, 0.1) is 0 Å². The Bertz CT molecular complexity index is 934. The minimum atomic E-state index is 0.597. The van der Waals surface area contributed by atoms with Crippen molar-refractivity contribution in [1.82, 2.24) is 30.0 Å². The number of fused-ring (bicyclic) bond motifs is 1. The first kappa shape index (κ1) is 16.8. The van der Waals surface area contributed by atoms with Crippen molar-refractivity contribution in [2.75, 3.05) is 24.5 Å². The minimum absolute atomic E-state index is 0.597. The van der Waals surface area contributed by atoms with Crippen molar-refractivity contribution < 1.29 is 4.74 Å². The van der Waals surface area contributed by atoms with E-state index in [9.17, 15) is 0 Å². The van der Waals surface area contributed by atoms with Crippen LogP contribution >= 0.6 is 11.6 Å². The highest BCUT2D eigenvalue weighted by Gasteiger charge is 2.18. The van der Waals surface area contributed by atoms with Crippen molar-refractivity contribution in [3.8, 4) is 11.4 Å². The zero-order chi connectivity index (χ0) is 18.1. The van der Waals surface area contributed by atoms with E-state index in [2.05, 4.69) is 31.3 Å². The number of halogens is 1. The maximum Gasteiger partial charge on any atom is 0.226 e. The zero-order valence-electron chi connectivity index (χ0n) is 14.5. The van der Waals surface area contributed by atoms with Crippen LogP contribution in [0.25, 0.3) is 11.4 Å². The number of anilines is 3. The number of hydrazine groups is 1. The van der Waals surface area contributed by atoms with Gasteiger partial charge >= 0.3 is 0 Å². The van der Waals surface area contributed by atoms with Crippen LogP contribution in [-0.4, -0.2) is 38.3 Å². The smallest absolute Gasteiger partial charge is 0.226 e. The summed E-state index contributed by atoms with van der Waals surface area (Å²) in [5.41, 5.74) is 9.78. The maximum atomic E-state index is 6.51. The molecule has 3 aromatic rings. The fraction of sp³-hybridized carbons (Fsp3) is 0.312. The summed E-state index contributed by atoms with van der Waals surface area (Å²) in [5, 5.41) is 12.7. The molecule has 0 radical (unpaired) electrons. The molecule has 0 bridgehead atoms. The number of aryl methyl sites for hydroxylation is 1. The summed E-state index contributed by atoms with van der Waals surface area (Å²) < 4.78 is 8.55. The van der Waals surface area contributed by atoms with Crippen molar-refractivity contribution in [2.24, 2.45) is 7.05 Å². The van der Waals surface area contributed by atoms with Gasteiger partial charge in [0.05, 0.1) is 41.3 Å². The predicted molar refractivity (Wildman–Crippen MR) is 99.3 cm³/mol. The van der Waals surface area contributed by atoms with Crippen LogP contribution in [0.2, 0.25) is 5.02 Å². The number of nitrogens with one attached hydrogen (secondary N) is 3. The summed E-state index contributed by atoms with van der Waals surface area (Å²) in [7, 11) is 3.50. The molecule has 0 saturated heterocycles. The molecule has 0 spiro atoms. The lowest BCUT2D eigenvalue weighted by atomic mass is 10.1. The molecule has 4 rings (SSSR count). The Morgan fingerprint density at radius 3 is 3.12 bits per heavy atom. The van der Waals surface area contributed by atoms with Gasteiger partial charge < -0.3 is 15.5 Å². The molecule has 3 N–H and O–H groups in total. The number of hydrogen-bond acceptors (Lipinski definition) is 7. The van der Waals surface area contributed by atoms with Gasteiger partial charge in [-0.05, 0) is 12.1 Å². The van der Waals surface area contributed by atoms with E-state index in [1.54, 1.807) is 22.7 Å². The lowest BCUT2D eigenvalue weighted by Crippen LogP contribution is -2.10. The second-order valence-electron chi connectivity index (χ2n) is 5.92. The summed E-state index contributed by atoms with van der Waals surface area (Å²) in [5.74, 6) is 1.20. The quantitative estimate of drug-likeness (QED) is 0.608. The third-order valence-corrected chi connectivity index (χ3v) is 4.59. The molecule has 1 aliphatic heterocycles. The molecule has 26 heavy (non-hydrogen) atoms. The first-order valence-corrected chi connectivity index (χ1v) is 8.53. The molecule has 0 amide bonds. The molecule has 1 aliphatic rings. The SMILES string of the molecule is COCCn1cc(-c2nc(Nc3ccc4c(c3Cl)CNN4)n(C)n2)cn1. The lowest BCUT2D eigenvalue weighted by molar-refractivity contribution is 0.183. The molecular formula is C16H19ClN8O. The molecule has 9 nitrogen and oxygen atoms in total. The van der Waals surface area contributed by atoms with E-state index in [4.69, 9.17) is 16.3 Å². The van der Waals surface area contributed by atoms with E-state index in [0.29, 0.717) is 36.5 Å². The lowest BCUT2D eigenvalue weighted by Gasteiger charge is -2.09. The average molecular weight is 375 g/mol. The Balaban J connectivity index is 1.57. The van der Waals surface area contributed by atoms with E-state index < -0.39 is 0 Å². The number of nitrogens with zero attached hydrogens (tertiary/aromatic N) is 5. The minimum Gasteiger partial charge on any atom is -0.383 e. The number of aromatic nitrogens is 5. The van der Waals surface area contributed by atoms with E-state index in [1.807, 2.05) is 25.4 Å². The molecule has 10 heteroatoms. The standard InChI is InChI=1S/C16H19ClN8O/c1-24-16(20-13-4-3-12-11(14(13)17)8-18-22-12)21-15(23-24)10-7-19-25(9-10)5-6-26-2/h3-4,7,9,18,22H,5-6,8H2,1-2H3,(H,20,21,23). The second-order valence-corrected chi connectivity index (χ2v) is 6.30. The molecule has 0 atom stereocenters. The largest absolute Gasteiger partial charge is 0.383 e. The number of benzene rings is 1. The summed E-state index contributed by atoms with van der Waals surface area (Å²) >= 11 is 6.51. The van der Waals surface area contributed by atoms with Gasteiger partial charge in [-0.1, -0.05) is 11.6 Å². The third-order valence-electron chi connectivity index (χ3n) is 4.16. The van der Waals surface area contributed by atoms with Crippen LogP contribution in [0.4, 0.5) is 17.3 Å². The number of methoxy groups -OCH3 is 1. The average Bonchev–Trinajstić information content (AvgIpc) is 3.36. The molecule has 0 saturated carbocycles. The second kappa shape index (κ2) is 6.94. The van der Waals surface area contributed by atoms with E-state index >= 15 is 0 Å². The van der Waals surface area contributed by atoms with Gasteiger partial charge in [0.2, 0.25) is 5.95 Å². The summed E-state index contributed by atoms with van der Waals surface area (Å²) in [6.07, 6.45) is 3.65. The van der Waals surface area contributed by atoms with Crippen LogP contribution < -0.4 is 16.2 Å². The Labute approximate surface area is 155 Å². The van der Waals surface area contributed by atoms with Crippen LogP contribution in [-0.2, 0) is 24.9 Å². The highest BCUT2D eigenvalue weighted by Crippen LogP contribution is 2.35. The van der Waals surface area contributed by atoms with Gasteiger partial charge in [0.25, 0.3) is 0 Å². The predicted octanol–water partition coefficient (Wildman–Crippen LogP) is 2.15. The van der Waals surface area contributed by atoms with Crippen molar-refractivity contribution in [3.05, 3.63) is 35.1 Å². The molecule has 0 aliphatic carbocycles. The highest BCUT2D eigenvalue weighted by molar-refractivity contribution is 6.34. The molecule has 136 valence electrons. The van der Waals surface area contributed by atoms with Crippen LogP contribution in [0.5, 0.6) is 0 Å². The van der Waals surface area contributed by atoms with E-state index in [-0.39, 0.29) is 0 Å². The highest BCUT2D eigenvalue weighted by atomic mass is 35.5. The van der Waals surface area contributed by atoms with Gasteiger partial charge in [0.1, 0.15) is 0 Å². The molecule has 1 aromatic carbocycles. The molecule has 0 fully saturated rings. The Morgan fingerprint density at radius 2 is 2.27 bits per heavy atom. The summed E-state index contributed by atoms with van der Waals surface area (Å²) in [4.78, 5) is 4.57. The van der Waals surface area contributed by atoms with Crippen molar-refractivity contribution in [3.63, 3.8) is 0 Å². The number of hydrogen-bond donors (Lipinski definition) is 3. The van der Waals surface area contributed by atoms with Gasteiger partial charge in [-0.15, -0.1) is 5.10 Å². The summed E-state index contributed by atoms with van der Waals surface area (Å²) in [6.45, 7) is 1.96. The van der Waals surface area contributed by atoms with Gasteiger partial charge in [0.15, 0.2) is 5.82 Å². The molecule has 0 unspecified atom stereocenters. The Kier molecular flexibility index (Phi) is 4.49. The van der Waals surface area contributed by atoms with E-state index in [0.717, 1.165) is 22.5 Å². The molecule has 2 aromatic heterocycles. The topological polar surface area (TPSA) is 93.8 Å². The first-order chi connectivity index (χ1) is 12.7. The molecular weight excluding hydrogens is 356 g/mol. The van der Waals surface area contributed by atoms with Crippen LogP contribution in [0.3, 0.4) is 0 Å². The summed E-state index contributed by atoms with van der Waals surface area (Å²) in [6, 6.07) is 3.89. The fourth-order valence-corrected chi connectivity index (χ4v) is 3.04. The van der Waals surface area contributed by atoms with E-state index in [1.165, 1.54) is 0 Å². The monoisotopic (exact) mass is 374 g/mol. The van der Waals surface area contributed by atoms with Crippen molar-refractivity contribution >= 4 is 28.9 Å². The zero-order valence-corrected chi connectivity index (χ0v) is 15.2.